The summed E-state index contributed by atoms with van der Waals surface area (Å²) in [5, 5.41) is 14.5. The monoisotopic (exact) mass is 457 g/mol. The Balaban J connectivity index is 1.53. The SMILES string of the molecule is COc1ccc(OC)c(-c2cn3c(CC(=O)Nc4nnc(CC(C)C)s4)csc3n2)c1. The Morgan fingerprint density at radius 3 is 2.81 bits per heavy atom. The molecule has 162 valence electrons. The van der Waals surface area contributed by atoms with Gasteiger partial charge in [0.1, 0.15) is 16.5 Å². The maximum atomic E-state index is 12.6. The van der Waals surface area contributed by atoms with Crippen molar-refractivity contribution >= 4 is 38.7 Å². The highest BCUT2D eigenvalue weighted by Crippen LogP contribution is 2.34. The predicted octanol–water partition coefficient (Wildman–Crippen LogP) is 4.31. The van der Waals surface area contributed by atoms with Crippen molar-refractivity contribution in [1.82, 2.24) is 19.6 Å². The number of hydrogen-bond acceptors (Lipinski definition) is 8. The Morgan fingerprint density at radius 1 is 1.23 bits per heavy atom. The van der Waals surface area contributed by atoms with E-state index in [0.717, 1.165) is 39.1 Å². The van der Waals surface area contributed by atoms with Gasteiger partial charge < -0.3 is 14.8 Å². The van der Waals surface area contributed by atoms with Crippen molar-refractivity contribution in [2.75, 3.05) is 19.5 Å². The molecule has 0 aliphatic carbocycles. The molecule has 0 aliphatic heterocycles. The van der Waals surface area contributed by atoms with Crippen LogP contribution >= 0.6 is 22.7 Å². The molecule has 0 spiro atoms. The number of rotatable bonds is 8. The van der Waals surface area contributed by atoms with E-state index < -0.39 is 0 Å². The van der Waals surface area contributed by atoms with E-state index in [9.17, 15) is 4.79 Å². The third kappa shape index (κ3) is 4.70. The molecule has 0 bridgehead atoms. The smallest absolute Gasteiger partial charge is 0.232 e. The standard InChI is InChI=1S/C21H23N5O3S2/c1-12(2)7-19-24-25-20(31-19)23-18(27)8-13-11-30-21-22-16(10-26(13)21)15-9-14(28-3)5-6-17(15)29-4/h5-6,9-12H,7-8H2,1-4H3,(H,23,25,27). The molecule has 0 saturated carbocycles. The van der Waals surface area contributed by atoms with Crippen LogP contribution in [0.4, 0.5) is 5.13 Å². The molecule has 1 N–H and O–H groups in total. The van der Waals surface area contributed by atoms with Crippen LogP contribution in [-0.4, -0.2) is 39.7 Å². The first kappa shape index (κ1) is 21.3. The van der Waals surface area contributed by atoms with Gasteiger partial charge in [-0.1, -0.05) is 25.2 Å². The van der Waals surface area contributed by atoms with E-state index >= 15 is 0 Å². The molecule has 1 amide bonds. The first-order chi connectivity index (χ1) is 15.0. The third-order valence-electron chi connectivity index (χ3n) is 4.60. The summed E-state index contributed by atoms with van der Waals surface area (Å²) in [6.07, 6.45) is 2.98. The maximum absolute atomic E-state index is 12.6. The Hall–Kier alpha value is -2.98. The van der Waals surface area contributed by atoms with Crippen molar-refractivity contribution in [3.8, 4) is 22.8 Å². The van der Waals surface area contributed by atoms with E-state index in [4.69, 9.17) is 14.5 Å². The molecule has 0 atom stereocenters. The van der Waals surface area contributed by atoms with Crippen LogP contribution in [0.2, 0.25) is 0 Å². The van der Waals surface area contributed by atoms with Gasteiger partial charge in [0, 0.05) is 29.3 Å². The normalized spacial score (nSPS) is 11.3. The Morgan fingerprint density at radius 2 is 2.06 bits per heavy atom. The molecule has 0 unspecified atom stereocenters. The summed E-state index contributed by atoms with van der Waals surface area (Å²) in [5.74, 6) is 1.79. The van der Waals surface area contributed by atoms with Crippen LogP contribution in [-0.2, 0) is 17.6 Å². The van der Waals surface area contributed by atoms with Gasteiger partial charge >= 0.3 is 0 Å². The summed E-state index contributed by atoms with van der Waals surface area (Å²) < 4.78 is 12.8. The first-order valence-electron chi connectivity index (χ1n) is 9.77. The lowest BCUT2D eigenvalue weighted by atomic mass is 10.1. The van der Waals surface area contributed by atoms with Crippen LogP contribution in [0, 0.1) is 5.92 Å². The van der Waals surface area contributed by atoms with Gasteiger partial charge in [0.2, 0.25) is 11.0 Å². The molecule has 0 aliphatic rings. The lowest BCUT2D eigenvalue weighted by Gasteiger charge is -2.08. The number of aromatic nitrogens is 4. The van der Waals surface area contributed by atoms with E-state index in [1.54, 1.807) is 14.2 Å². The zero-order valence-corrected chi connectivity index (χ0v) is 19.3. The number of hydrogen-bond donors (Lipinski definition) is 1. The van der Waals surface area contributed by atoms with Crippen LogP contribution in [0.5, 0.6) is 11.5 Å². The average molecular weight is 458 g/mol. The zero-order chi connectivity index (χ0) is 22.0. The summed E-state index contributed by atoms with van der Waals surface area (Å²) in [6, 6.07) is 5.59. The van der Waals surface area contributed by atoms with Crippen molar-refractivity contribution in [2.24, 2.45) is 5.92 Å². The summed E-state index contributed by atoms with van der Waals surface area (Å²) in [7, 11) is 3.25. The van der Waals surface area contributed by atoms with Crippen molar-refractivity contribution in [3.63, 3.8) is 0 Å². The number of carbonyl (C=O) groups excluding carboxylic acids is 1. The third-order valence-corrected chi connectivity index (χ3v) is 6.35. The number of nitrogens with zero attached hydrogens (tertiary/aromatic N) is 4. The predicted molar refractivity (Wildman–Crippen MR) is 122 cm³/mol. The zero-order valence-electron chi connectivity index (χ0n) is 17.7. The number of thiazole rings is 1. The average Bonchev–Trinajstić information content (AvgIpc) is 3.44. The maximum Gasteiger partial charge on any atom is 0.232 e. The van der Waals surface area contributed by atoms with E-state index in [1.807, 2.05) is 34.2 Å². The Kier molecular flexibility index (Phi) is 6.19. The molecular formula is C21H23N5O3S2. The second-order valence-corrected chi connectivity index (χ2v) is 9.29. The van der Waals surface area contributed by atoms with Crippen molar-refractivity contribution < 1.29 is 14.3 Å². The first-order valence-corrected chi connectivity index (χ1v) is 11.5. The van der Waals surface area contributed by atoms with Gasteiger partial charge in [0.15, 0.2) is 4.96 Å². The number of ether oxygens (including phenoxy) is 2. The fourth-order valence-corrected chi connectivity index (χ4v) is 5.01. The minimum atomic E-state index is -0.138. The van der Waals surface area contributed by atoms with Crippen LogP contribution in [0.25, 0.3) is 16.2 Å². The molecule has 0 radical (unpaired) electrons. The summed E-state index contributed by atoms with van der Waals surface area (Å²) in [5.41, 5.74) is 2.44. The van der Waals surface area contributed by atoms with E-state index in [-0.39, 0.29) is 12.3 Å². The number of imidazole rings is 1. The number of amides is 1. The molecule has 8 nitrogen and oxygen atoms in total. The van der Waals surface area contributed by atoms with Gasteiger partial charge in [-0.3, -0.25) is 9.20 Å². The van der Waals surface area contributed by atoms with Crippen LogP contribution in [0.3, 0.4) is 0 Å². The van der Waals surface area contributed by atoms with E-state index in [0.29, 0.717) is 16.8 Å². The number of carbonyl (C=O) groups is 1. The highest BCUT2D eigenvalue weighted by molar-refractivity contribution is 7.15. The lowest BCUT2D eigenvalue weighted by molar-refractivity contribution is -0.115. The lowest BCUT2D eigenvalue weighted by Crippen LogP contribution is -2.15. The Bertz CT molecular complexity index is 1210. The van der Waals surface area contributed by atoms with Gasteiger partial charge in [0.25, 0.3) is 0 Å². The quantitative estimate of drug-likeness (QED) is 0.424. The number of benzene rings is 1. The van der Waals surface area contributed by atoms with Crippen LogP contribution < -0.4 is 14.8 Å². The molecule has 0 fully saturated rings. The molecule has 31 heavy (non-hydrogen) atoms. The number of fused-ring (bicyclic) bond motifs is 1. The van der Waals surface area contributed by atoms with Crippen LogP contribution in [0.15, 0.2) is 29.8 Å². The fraction of sp³-hybridized carbons (Fsp3) is 0.333. The minimum absolute atomic E-state index is 0.138. The van der Waals surface area contributed by atoms with Crippen molar-refractivity contribution in [1.29, 1.82) is 0 Å². The van der Waals surface area contributed by atoms with Gasteiger partial charge in [-0.25, -0.2) is 4.98 Å². The summed E-state index contributed by atoms with van der Waals surface area (Å²) >= 11 is 2.90. The van der Waals surface area contributed by atoms with Gasteiger partial charge in [0.05, 0.1) is 26.3 Å². The molecule has 1 aromatic carbocycles. The molecule has 3 heterocycles. The summed E-state index contributed by atoms with van der Waals surface area (Å²) in [4.78, 5) is 18.1. The second-order valence-electron chi connectivity index (χ2n) is 7.40. The Labute approximate surface area is 187 Å². The number of methoxy groups -OCH3 is 2. The largest absolute Gasteiger partial charge is 0.497 e. The second kappa shape index (κ2) is 9.03. The number of nitrogens with one attached hydrogen (secondary N) is 1. The highest BCUT2D eigenvalue weighted by atomic mass is 32.1. The van der Waals surface area contributed by atoms with Crippen molar-refractivity contribution in [3.05, 3.63) is 40.5 Å². The molecular weight excluding hydrogens is 434 g/mol. The van der Waals surface area contributed by atoms with Gasteiger partial charge in [-0.2, -0.15) is 0 Å². The van der Waals surface area contributed by atoms with Crippen LogP contribution in [0.1, 0.15) is 24.5 Å². The van der Waals surface area contributed by atoms with Crippen molar-refractivity contribution in [2.45, 2.75) is 26.7 Å². The molecule has 10 heteroatoms. The minimum Gasteiger partial charge on any atom is -0.497 e. The van der Waals surface area contributed by atoms with Gasteiger partial charge in [-0.05, 0) is 24.1 Å². The molecule has 4 aromatic rings. The molecule has 3 aromatic heterocycles. The number of anilines is 1. The fourth-order valence-electron chi connectivity index (χ4n) is 3.16. The van der Waals surface area contributed by atoms with E-state index in [1.165, 1.54) is 22.7 Å². The van der Waals surface area contributed by atoms with Gasteiger partial charge in [-0.15, -0.1) is 21.5 Å². The topological polar surface area (TPSA) is 90.6 Å². The molecule has 0 saturated heterocycles. The highest BCUT2D eigenvalue weighted by Gasteiger charge is 2.17. The summed E-state index contributed by atoms with van der Waals surface area (Å²) in [6.45, 7) is 4.25. The molecule has 4 rings (SSSR count). The van der Waals surface area contributed by atoms with E-state index in [2.05, 4.69) is 29.4 Å².